The number of hydrogen-bond acceptors (Lipinski definition) is 5. The minimum absolute atomic E-state index is 0.0264. The summed E-state index contributed by atoms with van der Waals surface area (Å²) in [5.74, 6) is 1.02. The Kier molecular flexibility index (Phi) is 6.31. The van der Waals surface area contributed by atoms with Gasteiger partial charge < -0.3 is 14.8 Å². The molecule has 1 aliphatic heterocycles. The van der Waals surface area contributed by atoms with Gasteiger partial charge in [0, 0.05) is 10.6 Å². The molecule has 0 aromatic heterocycles. The van der Waals surface area contributed by atoms with Crippen LogP contribution in [0.15, 0.2) is 46.3 Å². The highest BCUT2D eigenvalue weighted by molar-refractivity contribution is 8.18. The molecule has 1 fully saturated rings. The first kappa shape index (κ1) is 20.3. The fraction of sp³-hybridized carbons (Fsp3) is 0.238. The summed E-state index contributed by atoms with van der Waals surface area (Å²) in [6.45, 7) is 5.83. The van der Waals surface area contributed by atoms with Crippen LogP contribution in [0.2, 0.25) is 5.02 Å². The number of halogens is 1. The molecule has 0 radical (unpaired) electrons. The predicted octanol–water partition coefficient (Wildman–Crippen LogP) is 5.34. The topological polar surface area (TPSA) is 59.9 Å². The van der Waals surface area contributed by atoms with E-state index in [4.69, 9.17) is 21.1 Å². The van der Waals surface area contributed by atoms with Gasteiger partial charge in [-0.3, -0.25) is 4.79 Å². The highest BCUT2D eigenvalue weighted by Gasteiger charge is 2.25. The number of amidine groups is 1. The SMILES string of the molecule is COc1cccc(/C=C2\SC(=Nc3cc(Cl)ccc3C)NC2=O)c1OC(C)C. The van der Waals surface area contributed by atoms with Crippen molar-refractivity contribution in [3.05, 3.63) is 57.5 Å². The number of rotatable bonds is 5. The van der Waals surface area contributed by atoms with Crippen LogP contribution >= 0.6 is 23.4 Å². The molecule has 3 rings (SSSR count). The van der Waals surface area contributed by atoms with Crippen molar-refractivity contribution in [1.29, 1.82) is 0 Å². The Morgan fingerprint density at radius 2 is 2.04 bits per heavy atom. The van der Waals surface area contributed by atoms with Crippen molar-refractivity contribution in [3.8, 4) is 11.5 Å². The van der Waals surface area contributed by atoms with Crippen LogP contribution in [0.5, 0.6) is 11.5 Å². The molecule has 5 nitrogen and oxygen atoms in total. The van der Waals surface area contributed by atoms with E-state index in [0.29, 0.717) is 26.6 Å². The van der Waals surface area contributed by atoms with Crippen LogP contribution in [-0.4, -0.2) is 24.3 Å². The van der Waals surface area contributed by atoms with Crippen LogP contribution in [0.1, 0.15) is 25.0 Å². The molecular formula is C21H21ClN2O3S. The van der Waals surface area contributed by atoms with Crippen LogP contribution in [0.3, 0.4) is 0 Å². The van der Waals surface area contributed by atoms with Gasteiger partial charge in [-0.25, -0.2) is 4.99 Å². The lowest BCUT2D eigenvalue weighted by Gasteiger charge is -2.16. The van der Waals surface area contributed by atoms with Gasteiger partial charge in [-0.05, 0) is 62.4 Å². The van der Waals surface area contributed by atoms with Gasteiger partial charge in [0.2, 0.25) is 0 Å². The Labute approximate surface area is 173 Å². The zero-order valence-electron chi connectivity index (χ0n) is 16.1. The number of benzene rings is 2. The summed E-state index contributed by atoms with van der Waals surface area (Å²) in [5.41, 5.74) is 2.47. The molecule has 0 bridgehead atoms. The third kappa shape index (κ3) is 4.69. The first-order chi connectivity index (χ1) is 13.4. The monoisotopic (exact) mass is 416 g/mol. The number of nitrogens with zero attached hydrogens (tertiary/aromatic N) is 1. The summed E-state index contributed by atoms with van der Waals surface area (Å²) in [7, 11) is 1.59. The fourth-order valence-corrected chi connectivity index (χ4v) is 3.60. The summed E-state index contributed by atoms with van der Waals surface area (Å²) in [4.78, 5) is 17.5. The first-order valence-corrected chi connectivity index (χ1v) is 9.96. The molecule has 2 aromatic rings. The summed E-state index contributed by atoms with van der Waals surface area (Å²) in [5, 5.41) is 3.91. The summed E-state index contributed by atoms with van der Waals surface area (Å²) < 4.78 is 11.3. The number of amides is 1. The van der Waals surface area contributed by atoms with Gasteiger partial charge in [-0.1, -0.05) is 29.8 Å². The second-order valence-corrected chi connectivity index (χ2v) is 7.92. The van der Waals surface area contributed by atoms with Crippen molar-refractivity contribution in [3.63, 3.8) is 0 Å². The van der Waals surface area contributed by atoms with E-state index < -0.39 is 0 Å². The number of nitrogens with one attached hydrogen (secondary N) is 1. The van der Waals surface area contributed by atoms with Gasteiger partial charge in [-0.15, -0.1) is 0 Å². The zero-order valence-corrected chi connectivity index (χ0v) is 17.6. The lowest BCUT2D eigenvalue weighted by molar-refractivity contribution is -0.115. The lowest BCUT2D eigenvalue weighted by atomic mass is 10.1. The number of hydrogen-bond donors (Lipinski definition) is 1. The molecule has 7 heteroatoms. The minimum atomic E-state index is -0.207. The summed E-state index contributed by atoms with van der Waals surface area (Å²) in [6, 6.07) is 11.1. The van der Waals surface area contributed by atoms with E-state index in [2.05, 4.69) is 10.3 Å². The number of ether oxygens (including phenoxy) is 2. The number of carbonyl (C=O) groups excluding carboxylic acids is 1. The zero-order chi connectivity index (χ0) is 20.3. The molecule has 1 saturated heterocycles. The standard InChI is InChI=1S/C21H21ClN2O3S/c1-12(2)27-19-14(6-5-7-17(19)26-4)10-18-20(25)24-21(28-18)23-16-11-15(22)9-8-13(16)3/h5-12H,1-4H3,(H,23,24,25)/b18-10-. The van der Waals surface area contributed by atoms with Crippen LogP contribution in [0.25, 0.3) is 6.08 Å². The minimum Gasteiger partial charge on any atom is -0.493 e. The second-order valence-electron chi connectivity index (χ2n) is 6.46. The molecule has 0 spiro atoms. The van der Waals surface area contributed by atoms with Gasteiger partial charge in [-0.2, -0.15) is 0 Å². The molecule has 1 amide bonds. The average Bonchev–Trinajstić information content (AvgIpc) is 2.98. The van der Waals surface area contributed by atoms with Crippen LogP contribution in [0, 0.1) is 6.92 Å². The Morgan fingerprint density at radius 1 is 1.25 bits per heavy atom. The van der Waals surface area contributed by atoms with Crippen molar-refractivity contribution in [2.24, 2.45) is 4.99 Å². The maximum atomic E-state index is 12.4. The van der Waals surface area contributed by atoms with Gasteiger partial charge in [0.05, 0.1) is 23.8 Å². The Morgan fingerprint density at radius 3 is 2.75 bits per heavy atom. The van der Waals surface area contributed by atoms with Gasteiger partial charge >= 0.3 is 0 Å². The number of aliphatic imine (C=N–C) groups is 1. The molecular weight excluding hydrogens is 396 g/mol. The Bertz CT molecular complexity index is 970. The van der Waals surface area contributed by atoms with Crippen molar-refractivity contribution in [1.82, 2.24) is 5.32 Å². The highest BCUT2D eigenvalue weighted by atomic mass is 35.5. The smallest absolute Gasteiger partial charge is 0.264 e. The second kappa shape index (κ2) is 8.71. The molecule has 0 aliphatic carbocycles. The summed E-state index contributed by atoms with van der Waals surface area (Å²) >= 11 is 7.33. The molecule has 1 aliphatic rings. The van der Waals surface area contributed by atoms with Crippen molar-refractivity contribution in [2.45, 2.75) is 26.9 Å². The number of para-hydroxylation sites is 1. The van der Waals surface area contributed by atoms with E-state index in [0.717, 1.165) is 16.8 Å². The molecule has 1 N–H and O–H groups in total. The molecule has 0 unspecified atom stereocenters. The molecule has 0 atom stereocenters. The van der Waals surface area contributed by atoms with Crippen LogP contribution in [-0.2, 0) is 4.79 Å². The third-order valence-corrected chi connectivity index (χ3v) is 5.06. The van der Waals surface area contributed by atoms with E-state index in [-0.39, 0.29) is 12.0 Å². The fourth-order valence-electron chi connectivity index (χ4n) is 2.60. The summed E-state index contributed by atoms with van der Waals surface area (Å²) in [6.07, 6.45) is 1.76. The van der Waals surface area contributed by atoms with Gasteiger partial charge in [0.25, 0.3) is 5.91 Å². The lowest BCUT2D eigenvalue weighted by Crippen LogP contribution is -2.19. The third-order valence-electron chi connectivity index (χ3n) is 3.91. The number of thioether (sulfide) groups is 1. The largest absolute Gasteiger partial charge is 0.493 e. The van der Waals surface area contributed by atoms with Crippen molar-refractivity contribution < 1.29 is 14.3 Å². The molecule has 2 aromatic carbocycles. The molecule has 28 heavy (non-hydrogen) atoms. The number of carbonyl (C=O) groups is 1. The van der Waals surface area contributed by atoms with Crippen LogP contribution < -0.4 is 14.8 Å². The van der Waals surface area contributed by atoms with Gasteiger partial charge in [0.15, 0.2) is 16.7 Å². The van der Waals surface area contributed by atoms with E-state index in [9.17, 15) is 4.79 Å². The maximum Gasteiger partial charge on any atom is 0.264 e. The van der Waals surface area contributed by atoms with E-state index >= 15 is 0 Å². The molecule has 0 saturated carbocycles. The highest BCUT2D eigenvalue weighted by Crippen LogP contribution is 2.36. The van der Waals surface area contributed by atoms with Gasteiger partial charge in [0.1, 0.15) is 0 Å². The number of methoxy groups -OCH3 is 1. The van der Waals surface area contributed by atoms with Crippen LogP contribution in [0.4, 0.5) is 5.69 Å². The van der Waals surface area contributed by atoms with E-state index in [1.54, 1.807) is 19.3 Å². The molecule has 1 heterocycles. The van der Waals surface area contributed by atoms with Crippen molar-refractivity contribution >= 4 is 46.2 Å². The van der Waals surface area contributed by atoms with E-state index in [1.807, 2.05) is 51.1 Å². The number of aryl methyl sites for hydroxylation is 1. The Balaban J connectivity index is 1.93. The quantitative estimate of drug-likeness (QED) is 0.668. The van der Waals surface area contributed by atoms with E-state index in [1.165, 1.54) is 11.8 Å². The average molecular weight is 417 g/mol. The Hall–Kier alpha value is -2.44. The predicted molar refractivity (Wildman–Crippen MR) is 116 cm³/mol. The first-order valence-electron chi connectivity index (χ1n) is 8.76. The normalized spacial score (nSPS) is 16.7. The maximum absolute atomic E-state index is 12.4. The van der Waals surface area contributed by atoms with Crippen molar-refractivity contribution in [2.75, 3.05) is 7.11 Å². The molecule has 146 valence electrons.